The first kappa shape index (κ1) is 11.8. The van der Waals surface area contributed by atoms with Crippen LogP contribution in [0.4, 0.5) is 0 Å². The van der Waals surface area contributed by atoms with E-state index in [1.54, 1.807) is 0 Å². The molecular formula is C14H23NO. The van der Waals surface area contributed by atoms with Crippen LogP contribution in [0.1, 0.15) is 51.9 Å². The molecule has 0 aromatic rings. The maximum atomic E-state index is 12.0. The summed E-state index contributed by atoms with van der Waals surface area (Å²) in [5.41, 5.74) is 0.984. The zero-order valence-corrected chi connectivity index (χ0v) is 10.3. The second kappa shape index (κ2) is 5.13. The molecule has 0 aromatic heterocycles. The van der Waals surface area contributed by atoms with Crippen LogP contribution in [0.25, 0.3) is 0 Å². The van der Waals surface area contributed by atoms with Gasteiger partial charge in [0.25, 0.3) is 0 Å². The smallest absolute Gasteiger partial charge is 0.153 e. The number of carbonyl (C=O) groups is 1. The van der Waals surface area contributed by atoms with Crippen LogP contribution in [0, 0.1) is 5.92 Å². The molecule has 0 amide bonds. The lowest BCUT2D eigenvalue weighted by molar-refractivity contribution is -0.121. The Hall–Kier alpha value is -0.630. The monoisotopic (exact) mass is 221 g/mol. The molecule has 1 saturated heterocycles. The molecule has 2 nitrogen and oxygen atoms in total. The Morgan fingerprint density at radius 3 is 2.75 bits per heavy atom. The average molecular weight is 221 g/mol. The molecule has 2 rings (SSSR count). The lowest BCUT2D eigenvalue weighted by Crippen LogP contribution is -2.52. The standard InChI is InChI=1S/C14H23NO/c1-10(2)9-14(16)13-8-7-11-5-3-4-6-12(11)15-13/h11-13,15H,1,3-9H2,2H3. The van der Waals surface area contributed by atoms with E-state index < -0.39 is 0 Å². The number of carbonyl (C=O) groups excluding carboxylic acids is 1. The zero-order valence-electron chi connectivity index (χ0n) is 10.3. The number of piperidine rings is 1. The van der Waals surface area contributed by atoms with Crippen molar-refractivity contribution < 1.29 is 4.79 Å². The van der Waals surface area contributed by atoms with Crippen molar-refractivity contribution >= 4 is 5.78 Å². The summed E-state index contributed by atoms with van der Waals surface area (Å²) in [4.78, 5) is 12.0. The minimum absolute atomic E-state index is 0.107. The van der Waals surface area contributed by atoms with Crippen molar-refractivity contribution in [1.82, 2.24) is 5.32 Å². The first-order valence-corrected chi connectivity index (χ1v) is 6.60. The second-order valence-corrected chi connectivity index (χ2v) is 5.55. The number of Topliss-reactive ketones (excluding diaryl/α,β-unsaturated/α-hetero) is 1. The quantitative estimate of drug-likeness (QED) is 0.742. The van der Waals surface area contributed by atoms with Crippen molar-refractivity contribution in [3.63, 3.8) is 0 Å². The van der Waals surface area contributed by atoms with Crippen LogP contribution < -0.4 is 5.32 Å². The van der Waals surface area contributed by atoms with Crippen molar-refractivity contribution in [1.29, 1.82) is 0 Å². The van der Waals surface area contributed by atoms with E-state index in [-0.39, 0.29) is 6.04 Å². The summed E-state index contributed by atoms with van der Waals surface area (Å²) in [5, 5.41) is 3.57. The molecule has 1 N–H and O–H groups in total. The largest absolute Gasteiger partial charge is 0.304 e. The Kier molecular flexibility index (Phi) is 3.80. The highest BCUT2D eigenvalue weighted by molar-refractivity contribution is 5.86. The summed E-state index contributed by atoms with van der Waals surface area (Å²) in [6, 6.07) is 0.720. The van der Waals surface area contributed by atoms with Crippen molar-refractivity contribution in [2.24, 2.45) is 5.92 Å². The van der Waals surface area contributed by atoms with Gasteiger partial charge in [-0.1, -0.05) is 25.0 Å². The van der Waals surface area contributed by atoms with Crippen LogP contribution in [0.5, 0.6) is 0 Å². The number of allylic oxidation sites excluding steroid dienone is 1. The molecule has 1 heterocycles. The molecule has 90 valence electrons. The van der Waals surface area contributed by atoms with Gasteiger partial charge in [0.05, 0.1) is 6.04 Å². The molecular weight excluding hydrogens is 198 g/mol. The van der Waals surface area contributed by atoms with Gasteiger partial charge in [-0.3, -0.25) is 4.79 Å². The van der Waals surface area contributed by atoms with Crippen LogP contribution in [-0.2, 0) is 4.79 Å². The van der Waals surface area contributed by atoms with E-state index in [1.807, 2.05) is 6.92 Å². The molecule has 0 aromatic carbocycles. The normalized spacial score (nSPS) is 34.2. The summed E-state index contributed by atoms with van der Waals surface area (Å²) in [5.74, 6) is 1.18. The lowest BCUT2D eigenvalue weighted by Gasteiger charge is -2.40. The summed E-state index contributed by atoms with van der Waals surface area (Å²) >= 11 is 0. The van der Waals surface area contributed by atoms with Gasteiger partial charge in [-0.25, -0.2) is 0 Å². The lowest BCUT2D eigenvalue weighted by atomic mass is 9.77. The molecule has 0 bridgehead atoms. The summed E-state index contributed by atoms with van der Waals surface area (Å²) in [7, 11) is 0. The summed E-state index contributed by atoms with van der Waals surface area (Å²) < 4.78 is 0. The third kappa shape index (κ3) is 2.73. The molecule has 16 heavy (non-hydrogen) atoms. The highest BCUT2D eigenvalue weighted by Gasteiger charge is 2.33. The van der Waals surface area contributed by atoms with Gasteiger partial charge in [0, 0.05) is 12.5 Å². The van der Waals surface area contributed by atoms with Gasteiger partial charge in [0.1, 0.15) is 0 Å². The van der Waals surface area contributed by atoms with Crippen molar-refractivity contribution in [3.05, 3.63) is 12.2 Å². The van der Waals surface area contributed by atoms with E-state index in [4.69, 9.17) is 0 Å². The molecule has 1 aliphatic carbocycles. The van der Waals surface area contributed by atoms with Gasteiger partial charge in [0.2, 0.25) is 0 Å². The minimum atomic E-state index is 0.107. The fraction of sp³-hybridized carbons (Fsp3) is 0.786. The molecule has 2 aliphatic rings. The Morgan fingerprint density at radius 1 is 1.25 bits per heavy atom. The van der Waals surface area contributed by atoms with E-state index in [1.165, 1.54) is 32.1 Å². The van der Waals surface area contributed by atoms with E-state index in [0.29, 0.717) is 18.2 Å². The van der Waals surface area contributed by atoms with Crippen molar-refractivity contribution in [2.75, 3.05) is 0 Å². The molecule has 2 fully saturated rings. The van der Waals surface area contributed by atoms with Gasteiger partial charge < -0.3 is 5.32 Å². The first-order chi connectivity index (χ1) is 7.66. The number of ketones is 1. The second-order valence-electron chi connectivity index (χ2n) is 5.55. The van der Waals surface area contributed by atoms with Crippen LogP contribution in [0.15, 0.2) is 12.2 Å². The van der Waals surface area contributed by atoms with Crippen LogP contribution >= 0.6 is 0 Å². The van der Waals surface area contributed by atoms with E-state index >= 15 is 0 Å². The Bertz CT molecular complexity index is 284. The van der Waals surface area contributed by atoms with Crippen molar-refractivity contribution in [2.45, 2.75) is 64.0 Å². The first-order valence-electron chi connectivity index (χ1n) is 6.60. The number of rotatable bonds is 3. The highest BCUT2D eigenvalue weighted by atomic mass is 16.1. The predicted octanol–water partition coefficient (Wildman–Crippen LogP) is 2.83. The van der Waals surface area contributed by atoms with Gasteiger partial charge in [-0.15, -0.1) is 0 Å². The van der Waals surface area contributed by atoms with E-state index in [9.17, 15) is 4.79 Å². The Labute approximate surface area is 98.5 Å². The van der Waals surface area contributed by atoms with Crippen molar-refractivity contribution in [3.8, 4) is 0 Å². The van der Waals surface area contributed by atoms with Crippen LogP contribution in [-0.4, -0.2) is 17.9 Å². The van der Waals surface area contributed by atoms with Crippen LogP contribution in [0.2, 0.25) is 0 Å². The van der Waals surface area contributed by atoms with Gasteiger partial charge in [-0.05, 0) is 38.5 Å². The SMILES string of the molecule is C=C(C)CC(=O)C1CCC2CCCCC2N1. The number of hydrogen-bond acceptors (Lipinski definition) is 2. The Balaban J connectivity index is 1.89. The molecule has 1 aliphatic heterocycles. The van der Waals surface area contributed by atoms with E-state index in [2.05, 4.69) is 11.9 Å². The fourth-order valence-electron chi connectivity index (χ4n) is 3.17. The van der Waals surface area contributed by atoms with E-state index in [0.717, 1.165) is 17.9 Å². The number of nitrogens with one attached hydrogen (secondary N) is 1. The molecule has 0 spiro atoms. The predicted molar refractivity (Wildman–Crippen MR) is 66.3 cm³/mol. The minimum Gasteiger partial charge on any atom is -0.304 e. The maximum Gasteiger partial charge on any atom is 0.153 e. The maximum absolute atomic E-state index is 12.0. The van der Waals surface area contributed by atoms with Gasteiger partial charge >= 0.3 is 0 Å². The number of hydrogen-bond donors (Lipinski definition) is 1. The average Bonchev–Trinajstić information content (AvgIpc) is 2.27. The van der Waals surface area contributed by atoms with Crippen LogP contribution in [0.3, 0.4) is 0 Å². The zero-order chi connectivity index (χ0) is 11.5. The number of fused-ring (bicyclic) bond motifs is 1. The summed E-state index contributed by atoms with van der Waals surface area (Å²) in [6.07, 6.45) is 8.16. The highest BCUT2D eigenvalue weighted by Crippen LogP contribution is 2.32. The molecule has 1 saturated carbocycles. The van der Waals surface area contributed by atoms with Gasteiger partial charge in [0.15, 0.2) is 5.78 Å². The third-order valence-electron chi connectivity index (χ3n) is 4.02. The molecule has 3 atom stereocenters. The topological polar surface area (TPSA) is 29.1 Å². The molecule has 0 radical (unpaired) electrons. The third-order valence-corrected chi connectivity index (χ3v) is 4.02. The molecule has 2 heteroatoms. The Morgan fingerprint density at radius 2 is 2.00 bits per heavy atom. The van der Waals surface area contributed by atoms with Gasteiger partial charge in [-0.2, -0.15) is 0 Å². The fourth-order valence-corrected chi connectivity index (χ4v) is 3.17. The molecule has 3 unspecified atom stereocenters. The summed E-state index contributed by atoms with van der Waals surface area (Å²) in [6.45, 7) is 5.76.